The smallest absolute Gasteiger partial charge is 0.675 e. The molecule has 0 bridgehead atoms. The van der Waals surface area contributed by atoms with Crippen molar-refractivity contribution in [3.63, 3.8) is 0 Å². The molecule has 1 aliphatic carbocycles. The van der Waals surface area contributed by atoms with Crippen molar-refractivity contribution < 1.29 is 17.1 Å². The number of piperidine rings is 1. The van der Waals surface area contributed by atoms with E-state index in [9.17, 15) is 0 Å². The Hall–Kier alpha value is 1.02. The van der Waals surface area contributed by atoms with Crippen molar-refractivity contribution in [1.29, 1.82) is 0 Å². The minimum Gasteiger partial charge on any atom is -0.675 e. The molecule has 1 radical (unpaired) electrons. The summed E-state index contributed by atoms with van der Waals surface area (Å²) in [6, 6.07) is -0.130. The van der Waals surface area contributed by atoms with E-state index in [4.69, 9.17) is 28.9 Å². The summed E-state index contributed by atoms with van der Waals surface area (Å²) in [5.74, 6) is 0.410. The molecule has 0 aromatic heterocycles. The van der Waals surface area contributed by atoms with Gasteiger partial charge in [-0.25, -0.2) is 0 Å². The van der Waals surface area contributed by atoms with Crippen LogP contribution in [0.5, 0.6) is 0 Å². The molecule has 0 spiro atoms. The molecule has 1 saturated carbocycles. The third kappa shape index (κ3) is 2.40. The molecule has 2 rings (SSSR count). The normalized spacial score (nSPS) is 47.8. The average Bonchev–Trinajstić information content (AvgIpc) is 2.12. The van der Waals surface area contributed by atoms with Crippen LogP contribution in [0.15, 0.2) is 0 Å². The van der Waals surface area contributed by atoms with E-state index in [-0.39, 0.29) is 39.9 Å². The van der Waals surface area contributed by atoms with E-state index < -0.39 is 0 Å². The Balaban J connectivity index is 0.000000980. The van der Waals surface area contributed by atoms with Crippen molar-refractivity contribution in [3.05, 3.63) is 11.1 Å². The van der Waals surface area contributed by atoms with E-state index in [1.165, 1.54) is 0 Å². The van der Waals surface area contributed by atoms with Gasteiger partial charge in [-0.3, -0.25) is 0 Å². The van der Waals surface area contributed by atoms with E-state index in [2.05, 4.69) is 5.32 Å². The van der Waals surface area contributed by atoms with Crippen LogP contribution in [0.2, 0.25) is 0 Å². The van der Waals surface area contributed by atoms with Crippen LogP contribution in [-0.4, -0.2) is 29.4 Å². The van der Waals surface area contributed by atoms with Crippen LogP contribution in [-0.2, 0) is 17.1 Å². The first-order valence-electron chi connectivity index (χ1n) is 4.86. The molecule has 2 nitrogen and oxygen atoms in total. The van der Waals surface area contributed by atoms with Gasteiger partial charge in [0.25, 0.3) is 0 Å². The first-order chi connectivity index (χ1) is 6.20. The van der Waals surface area contributed by atoms with Crippen molar-refractivity contribution in [2.45, 2.75) is 42.1 Å². The SMILES string of the molecule is [Cu+2].[NH-]C1C(Cl)CCC2C(Cl)CC[N-]C12. The van der Waals surface area contributed by atoms with Crippen LogP contribution in [0, 0.1) is 5.92 Å². The molecule has 0 amide bonds. The number of hydrogen-bond donors (Lipinski definition) is 0. The minimum absolute atomic E-state index is 0. The molecule has 0 aromatic carbocycles. The van der Waals surface area contributed by atoms with Crippen LogP contribution in [0.3, 0.4) is 0 Å². The summed E-state index contributed by atoms with van der Waals surface area (Å²) in [6.45, 7) is 0.814. The minimum atomic E-state index is -0.234. The standard InChI is InChI=1S/C9H14Cl2N2.Cu/c10-6-3-4-13-9-5(6)1-2-7(11)8(9)12;/h5-9,12H,1-4H2;/q-2;+2. The zero-order valence-electron chi connectivity index (χ0n) is 7.72. The monoisotopic (exact) mass is 283 g/mol. The fourth-order valence-electron chi connectivity index (χ4n) is 2.39. The third-order valence-corrected chi connectivity index (χ3v) is 4.21. The van der Waals surface area contributed by atoms with E-state index in [1.807, 2.05) is 0 Å². The summed E-state index contributed by atoms with van der Waals surface area (Å²) in [7, 11) is 0. The molecule has 5 atom stereocenters. The van der Waals surface area contributed by atoms with Gasteiger partial charge in [0, 0.05) is 10.8 Å². The molecule has 5 unspecified atom stereocenters. The maximum absolute atomic E-state index is 7.91. The predicted molar refractivity (Wildman–Crippen MR) is 56.7 cm³/mol. The maximum Gasteiger partial charge on any atom is 2.00 e. The second kappa shape index (κ2) is 5.38. The third-order valence-electron chi connectivity index (χ3n) is 3.18. The molecular formula is C9H14Cl2CuN2. The zero-order valence-corrected chi connectivity index (χ0v) is 10.2. The molecule has 14 heavy (non-hydrogen) atoms. The van der Waals surface area contributed by atoms with Crippen molar-refractivity contribution >= 4 is 23.2 Å². The summed E-state index contributed by atoms with van der Waals surface area (Å²) in [6.07, 6.45) is 2.95. The van der Waals surface area contributed by atoms with Crippen molar-refractivity contribution in [2.75, 3.05) is 6.54 Å². The number of fused-ring (bicyclic) bond motifs is 1. The molecule has 1 saturated heterocycles. The molecule has 2 aliphatic rings. The zero-order chi connectivity index (χ0) is 9.42. The van der Waals surface area contributed by atoms with Gasteiger partial charge < -0.3 is 11.1 Å². The average molecular weight is 285 g/mol. The summed E-state index contributed by atoms with van der Waals surface area (Å²) >= 11 is 12.3. The van der Waals surface area contributed by atoms with Crippen LogP contribution >= 0.6 is 23.2 Å². The Bertz CT molecular complexity index is 194. The molecule has 0 aromatic rings. The second-order valence-corrected chi connectivity index (χ2v) is 5.11. The van der Waals surface area contributed by atoms with E-state index in [0.717, 1.165) is 25.8 Å². The van der Waals surface area contributed by atoms with E-state index in [0.29, 0.717) is 5.92 Å². The van der Waals surface area contributed by atoms with Gasteiger partial charge in [0.2, 0.25) is 0 Å². The Labute approximate surface area is 106 Å². The molecule has 1 aliphatic heterocycles. The summed E-state index contributed by atoms with van der Waals surface area (Å²) in [5, 5.41) is 4.68. The number of rotatable bonds is 0. The Morgan fingerprint density at radius 1 is 1.07 bits per heavy atom. The summed E-state index contributed by atoms with van der Waals surface area (Å²) in [4.78, 5) is 0. The number of nitrogens with zero attached hydrogens (tertiary/aromatic N) is 1. The number of nitrogens with one attached hydrogen (secondary N) is 1. The summed E-state index contributed by atoms with van der Waals surface area (Å²) < 4.78 is 0. The van der Waals surface area contributed by atoms with Gasteiger partial charge in [-0.1, -0.05) is 6.42 Å². The Kier molecular flexibility index (Phi) is 5.03. The van der Waals surface area contributed by atoms with Crippen LogP contribution in [0.25, 0.3) is 11.1 Å². The van der Waals surface area contributed by atoms with Crippen molar-refractivity contribution in [1.82, 2.24) is 0 Å². The molecule has 85 valence electrons. The van der Waals surface area contributed by atoms with Gasteiger partial charge in [-0.15, -0.1) is 41.8 Å². The van der Waals surface area contributed by atoms with Gasteiger partial charge >= 0.3 is 17.1 Å². The number of halogens is 2. The molecule has 1 N–H and O–H groups in total. The Morgan fingerprint density at radius 2 is 1.79 bits per heavy atom. The van der Waals surface area contributed by atoms with Crippen LogP contribution in [0.4, 0.5) is 0 Å². The molecule has 5 heteroatoms. The molecule has 2 fully saturated rings. The van der Waals surface area contributed by atoms with E-state index >= 15 is 0 Å². The summed E-state index contributed by atoms with van der Waals surface area (Å²) in [5.41, 5.74) is 7.91. The fourth-order valence-corrected chi connectivity index (χ4v) is 3.03. The largest absolute Gasteiger partial charge is 2.00 e. The maximum atomic E-state index is 7.91. The van der Waals surface area contributed by atoms with Crippen molar-refractivity contribution in [2.24, 2.45) is 5.92 Å². The first-order valence-corrected chi connectivity index (χ1v) is 5.73. The van der Waals surface area contributed by atoms with Crippen molar-refractivity contribution in [3.8, 4) is 0 Å². The van der Waals surface area contributed by atoms with Crippen LogP contribution in [0.1, 0.15) is 19.3 Å². The van der Waals surface area contributed by atoms with Gasteiger partial charge in [0.1, 0.15) is 0 Å². The van der Waals surface area contributed by atoms with Gasteiger partial charge in [-0.05, 0) is 18.8 Å². The topological polar surface area (TPSA) is 37.9 Å². The first kappa shape index (κ1) is 13.1. The molecular weight excluding hydrogens is 271 g/mol. The predicted octanol–water partition coefficient (Wildman–Crippen LogP) is 3.18. The molecule has 1 heterocycles. The number of alkyl halides is 2. The number of hydrogen-bond acceptors (Lipinski definition) is 0. The fraction of sp³-hybridized carbons (Fsp3) is 1.00. The second-order valence-electron chi connectivity index (χ2n) is 3.98. The Morgan fingerprint density at radius 3 is 2.50 bits per heavy atom. The quantitative estimate of drug-likeness (QED) is 0.484. The van der Waals surface area contributed by atoms with Gasteiger partial charge in [0.05, 0.1) is 0 Å². The van der Waals surface area contributed by atoms with Crippen LogP contribution < -0.4 is 0 Å². The van der Waals surface area contributed by atoms with Gasteiger partial charge in [0.15, 0.2) is 0 Å². The van der Waals surface area contributed by atoms with E-state index in [1.54, 1.807) is 0 Å². The van der Waals surface area contributed by atoms with Gasteiger partial charge in [-0.2, -0.15) is 0 Å².